The van der Waals surface area contributed by atoms with E-state index in [9.17, 15) is 0 Å². The second-order valence-corrected chi connectivity index (χ2v) is 5.19. The Morgan fingerprint density at radius 3 is 2.65 bits per heavy atom. The van der Waals surface area contributed by atoms with Crippen LogP contribution in [0.3, 0.4) is 0 Å². The summed E-state index contributed by atoms with van der Waals surface area (Å²) in [7, 11) is 0. The molecule has 0 spiro atoms. The van der Waals surface area contributed by atoms with Crippen LogP contribution in [-0.2, 0) is 9.47 Å². The zero-order chi connectivity index (χ0) is 14.6. The average Bonchev–Trinajstić information content (AvgIpc) is 2.76. The fourth-order valence-electron chi connectivity index (χ4n) is 2.01. The second-order valence-electron chi connectivity index (χ2n) is 5.19. The first-order valence-corrected chi connectivity index (χ1v) is 6.59. The van der Waals surface area contributed by atoms with Crippen LogP contribution >= 0.6 is 0 Å². The number of rotatable bonds is 4. The molecule has 1 heterocycles. The molecule has 5 nitrogen and oxygen atoms in total. The smallest absolute Gasteiger partial charge is 0.163 e. The standard InChI is InChI=1S/C15H21N3O2/c1-15(2)19-10-14(20-15)9-18-8-12(7-16)11-3-5-13(17)6-4-11/h3-8,14H,9-10,16-17H2,1-2H3/t14-/m1/s1. The van der Waals surface area contributed by atoms with Gasteiger partial charge in [-0.2, -0.15) is 0 Å². The van der Waals surface area contributed by atoms with Crippen LogP contribution in [0.25, 0.3) is 5.57 Å². The van der Waals surface area contributed by atoms with Crippen LogP contribution in [0.1, 0.15) is 19.4 Å². The lowest BCUT2D eigenvalue weighted by Crippen LogP contribution is -2.22. The molecule has 0 amide bonds. The third kappa shape index (κ3) is 3.82. The molecule has 1 fully saturated rings. The molecule has 0 unspecified atom stereocenters. The minimum Gasteiger partial charge on any atom is -0.404 e. The van der Waals surface area contributed by atoms with Crippen molar-refractivity contribution in [2.24, 2.45) is 10.7 Å². The Morgan fingerprint density at radius 2 is 2.10 bits per heavy atom. The van der Waals surface area contributed by atoms with Gasteiger partial charge < -0.3 is 20.9 Å². The monoisotopic (exact) mass is 275 g/mol. The summed E-state index contributed by atoms with van der Waals surface area (Å²) >= 11 is 0. The Balaban J connectivity index is 1.94. The molecule has 1 aliphatic rings. The molecular formula is C15H21N3O2. The van der Waals surface area contributed by atoms with Gasteiger partial charge in [0.25, 0.3) is 0 Å². The van der Waals surface area contributed by atoms with Gasteiger partial charge in [-0.1, -0.05) is 12.1 Å². The quantitative estimate of drug-likeness (QED) is 0.648. The number of aliphatic imine (C=N–C) groups is 1. The summed E-state index contributed by atoms with van der Waals surface area (Å²) in [5.41, 5.74) is 13.9. The highest BCUT2D eigenvalue weighted by atomic mass is 16.7. The van der Waals surface area contributed by atoms with E-state index >= 15 is 0 Å². The van der Waals surface area contributed by atoms with Crippen LogP contribution < -0.4 is 11.5 Å². The average molecular weight is 275 g/mol. The first kappa shape index (κ1) is 14.6. The summed E-state index contributed by atoms with van der Waals surface area (Å²) in [6.45, 7) is 4.91. The molecule has 20 heavy (non-hydrogen) atoms. The molecule has 4 N–H and O–H groups in total. The van der Waals surface area contributed by atoms with Gasteiger partial charge in [0.1, 0.15) is 6.10 Å². The number of nitrogens with zero attached hydrogens (tertiary/aromatic N) is 1. The maximum Gasteiger partial charge on any atom is 0.163 e. The van der Waals surface area contributed by atoms with Crippen molar-refractivity contribution >= 4 is 17.5 Å². The molecular weight excluding hydrogens is 254 g/mol. The Labute approximate surface area is 119 Å². The molecule has 1 aliphatic heterocycles. The highest BCUT2D eigenvalue weighted by Gasteiger charge is 2.32. The third-order valence-electron chi connectivity index (χ3n) is 3.03. The summed E-state index contributed by atoms with van der Waals surface area (Å²) in [5.74, 6) is -0.510. The van der Waals surface area contributed by atoms with Crippen molar-refractivity contribution in [2.75, 3.05) is 18.9 Å². The molecule has 1 aromatic carbocycles. The summed E-state index contributed by atoms with van der Waals surface area (Å²) in [4.78, 5) is 4.38. The molecule has 0 bridgehead atoms. The van der Waals surface area contributed by atoms with E-state index in [0.29, 0.717) is 13.2 Å². The van der Waals surface area contributed by atoms with Crippen molar-refractivity contribution in [2.45, 2.75) is 25.7 Å². The fraction of sp³-hybridized carbons (Fsp3) is 0.400. The molecule has 108 valence electrons. The first-order valence-electron chi connectivity index (χ1n) is 6.59. The molecule has 2 rings (SSSR count). The third-order valence-corrected chi connectivity index (χ3v) is 3.03. The molecule has 5 heteroatoms. The van der Waals surface area contributed by atoms with Crippen LogP contribution in [0.2, 0.25) is 0 Å². The highest BCUT2D eigenvalue weighted by molar-refractivity contribution is 6.09. The van der Waals surface area contributed by atoms with E-state index in [2.05, 4.69) is 4.99 Å². The largest absolute Gasteiger partial charge is 0.404 e. The number of nitrogens with two attached hydrogens (primary N) is 2. The first-order chi connectivity index (χ1) is 9.50. The fourth-order valence-corrected chi connectivity index (χ4v) is 2.01. The minimum atomic E-state index is -0.510. The predicted molar refractivity (Wildman–Crippen MR) is 81.3 cm³/mol. The van der Waals surface area contributed by atoms with Crippen LogP contribution in [0.4, 0.5) is 5.69 Å². The summed E-state index contributed by atoms with van der Waals surface area (Å²) in [6, 6.07) is 7.50. The number of benzene rings is 1. The topological polar surface area (TPSA) is 82.9 Å². The zero-order valence-electron chi connectivity index (χ0n) is 11.9. The van der Waals surface area contributed by atoms with Gasteiger partial charge in [0.05, 0.1) is 13.2 Å². The number of allylic oxidation sites excluding steroid dienone is 1. The number of anilines is 1. The Bertz CT molecular complexity index is 506. The van der Waals surface area contributed by atoms with E-state index in [1.54, 1.807) is 6.21 Å². The number of hydrogen-bond acceptors (Lipinski definition) is 5. The summed E-state index contributed by atoms with van der Waals surface area (Å²) in [5, 5.41) is 0. The van der Waals surface area contributed by atoms with Gasteiger partial charge in [0.2, 0.25) is 0 Å². The van der Waals surface area contributed by atoms with Gasteiger partial charge in [-0.15, -0.1) is 0 Å². The van der Waals surface area contributed by atoms with Gasteiger partial charge in [-0.3, -0.25) is 4.99 Å². The van der Waals surface area contributed by atoms with Crippen molar-refractivity contribution in [1.29, 1.82) is 0 Å². The van der Waals surface area contributed by atoms with Gasteiger partial charge in [0.15, 0.2) is 5.79 Å². The summed E-state index contributed by atoms with van der Waals surface area (Å²) < 4.78 is 11.2. The summed E-state index contributed by atoms with van der Waals surface area (Å²) in [6.07, 6.45) is 3.28. The molecule has 1 aromatic rings. The van der Waals surface area contributed by atoms with E-state index in [0.717, 1.165) is 16.8 Å². The van der Waals surface area contributed by atoms with Gasteiger partial charge in [-0.05, 0) is 31.5 Å². The lowest BCUT2D eigenvalue weighted by atomic mass is 10.1. The highest BCUT2D eigenvalue weighted by Crippen LogP contribution is 2.22. The molecule has 0 aliphatic carbocycles. The van der Waals surface area contributed by atoms with E-state index in [-0.39, 0.29) is 6.10 Å². The normalized spacial score (nSPS) is 22.5. The molecule has 0 aromatic heterocycles. The Morgan fingerprint density at radius 1 is 1.40 bits per heavy atom. The molecule has 0 radical (unpaired) electrons. The van der Waals surface area contributed by atoms with Crippen LogP contribution in [0.5, 0.6) is 0 Å². The zero-order valence-corrected chi connectivity index (χ0v) is 11.9. The minimum absolute atomic E-state index is 0.00769. The maximum atomic E-state index is 5.68. The molecule has 1 saturated heterocycles. The molecule has 0 saturated carbocycles. The van der Waals surface area contributed by atoms with E-state index < -0.39 is 5.79 Å². The lowest BCUT2D eigenvalue weighted by molar-refractivity contribution is -0.137. The SMILES string of the molecule is CC1(C)OC[C@@H](CN=CC(=CN)c2ccc(N)cc2)O1. The number of hydrogen-bond donors (Lipinski definition) is 2. The van der Waals surface area contributed by atoms with E-state index in [1.165, 1.54) is 6.20 Å². The van der Waals surface area contributed by atoms with Gasteiger partial charge >= 0.3 is 0 Å². The number of nitrogen functional groups attached to an aromatic ring is 1. The maximum absolute atomic E-state index is 5.68. The van der Waals surface area contributed by atoms with Gasteiger partial charge in [0, 0.05) is 23.7 Å². The van der Waals surface area contributed by atoms with Crippen molar-refractivity contribution in [3.05, 3.63) is 36.0 Å². The Kier molecular flexibility index (Phi) is 4.42. The second kappa shape index (κ2) is 6.07. The van der Waals surface area contributed by atoms with Crippen molar-refractivity contribution in [1.82, 2.24) is 0 Å². The van der Waals surface area contributed by atoms with Crippen LogP contribution in [0, 0.1) is 0 Å². The Hall–Kier alpha value is -1.85. The van der Waals surface area contributed by atoms with E-state index in [1.807, 2.05) is 38.1 Å². The van der Waals surface area contributed by atoms with Crippen molar-refractivity contribution in [3.63, 3.8) is 0 Å². The van der Waals surface area contributed by atoms with Gasteiger partial charge in [-0.25, -0.2) is 0 Å². The molecule has 1 atom stereocenters. The number of ether oxygens (including phenoxy) is 2. The van der Waals surface area contributed by atoms with E-state index in [4.69, 9.17) is 20.9 Å². The van der Waals surface area contributed by atoms with Crippen LogP contribution in [0.15, 0.2) is 35.5 Å². The van der Waals surface area contributed by atoms with Crippen molar-refractivity contribution in [3.8, 4) is 0 Å². The predicted octanol–water partition coefficient (Wildman–Crippen LogP) is 1.79. The lowest BCUT2D eigenvalue weighted by Gasteiger charge is -2.16. The van der Waals surface area contributed by atoms with Crippen molar-refractivity contribution < 1.29 is 9.47 Å². The van der Waals surface area contributed by atoms with Crippen LogP contribution in [-0.4, -0.2) is 31.3 Å².